The van der Waals surface area contributed by atoms with E-state index in [-0.39, 0.29) is 12.3 Å². The molecule has 0 spiro atoms. The van der Waals surface area contributed by atoms with E-state index in [0.717, 1.165) is 54.1 Å². The van der Waals surface area contributed by atoms with Crippen molar-refractivity contribution in [3.8, 4) is 11.3 Å². The van der Waals surface area contributed by atoms with E-state index in [1.165, 1.54) is 5.56 Å². The number of carbonyl (C=O) groups is 1. The summed E-state index contributed by atoms with van der Waals surface area (Å²) in [6.07, 6.45) is 6.20. The number of hydrogen-bond acceptors (Lipinski definition) is 6. The van der Waals surface area contributed by atoms with Crippen LogP contribution in [0, 0.1) is 6.92 Å². The Balaban J connectivity index is 1.47. The highest BCUT2D eigenvalue weighted by atomic mass is 35.5. The van der Waals surface area contributed by atoms with Crippen molar-refractivity contribution in [3.63, 3.8) is 0 Å². The summed E-state index contributed by atoms with van der Waals surface area (Å²) < 4.78 is 0. The minimum absolute atomic E-state index is 0.109. The lowest BCUT2D eigenvalue weighted by atomic mass is 9.90. The van der Waals surface area contributed by atoms with Crippen LogP contribution in [0.4, 0.5) is 17.3 Å². The van der Waals surface area contributed by atoms with Crippen molar-refractivity contribution in [2.75, 3.05) is 30.8 Å². The van der Waals surface area contributed by atoms with Crippen molar-refractivity contribution in [3.05, 3.63) is 58.5 Å². The van der Waals surface area contributed by atoms with E-state index in [2.05, 4.69) is 38.6 Å². The zero-order valence-electron chi connectivity index (χ0n) is 18.2. The van der Waals surface area contributed by atoms with E-state index in [1.807, 2.05) is 19.2 Å². The molecule has 164 valence electrons. The van der Waals surface area contributed by atoms with Crippen LogP contribution in [0.25, 0.3) is 11.3 Å². The first-order valence-corrected chi connectivity index (χ1v) is 11.2. The van der Waals surface area contributed by atoms with Crippen LogP contribution in [0.5, 0.6) is 0 Å². The van der Waals surface area contributed by atoms with Gasteiger partial charge >= 0.3 is 0 Å². The molecular formula is C24H25ClN6O. The molecule has 0 unspecified atom stereocenters. The Hall–Kier alpha value is -3.03. The summed E-state index contributed by atoms with van der Waals surface area (Å²) in [5.41, 5.74) is 6.04. The Morgan fingerprint density at radius 3 is 2.78 bits per heavy atom. The molecule has 8 heteroatoms. The number of hydrogen-bond donors (Lipinski definition) is 2. The molecule has 0 radical (unpaired) electrons. The van der Waals surface area contributed by atoms with Gasteiger partial charge in [-0.15, -0.1) is 0 Å². The van der Waals surface area contributed by atoms with Crippen LogP contribution in [-0.4, -0.2) is 45.9 Å². The number of pyridine rings is 1. The molecular weight excluding hydrogens is 424 g/mol. The van der Waals surface area contributed by atoms with Crippen molar-refractivity contribution >= 4 is 34.8 Å². The van der Waals surface area contributed by atoms with Gasteiger partial charge in [0.25, 0.3) is 0 Å². The lowest BCUT2D eigenvalue weighted by molar-refractivity contribution is -0.115. The van der Waals surface area contributed by atoms with Gasteiger partial charge < -0.3 is 15.5 Å². The van der Waals surface area contributed by atoms with Gasteiger partial charge in [-0.25, -0.2) is 9.97 Å². The summed E-state index contributed by atoms with van der Waals surface area (Å²) in [7, 11) is 2.17. The number of halogens is 1. The molecule has 2 aromatic heterocycles. The maximum atomic E-state index is 12.3. The predicted octanol–water partition coefficient (Wildman–Crippen LogP) is 4.55. The van der Waals surface area contributed by atoms with Gasteiger partial charge in [-0.1, -0.05) is 11.6 Å². The van der Waals surface area contributed by atoms with E-state index in [0.29, 0.717) is 22.6 Å². The van der Waals surface area contributed by atoms with E-state index in [1.54, 1.807) is 18.3 Å². The first kappa shape index (κ1) is 20.8. The summed E-state index contributed by atoms with van der Waals surface area (Å²) >= 11 is 6.14. The van der Waals surface area contributed by atoms with Gasteiger partial charge in [0.15, 0.2) is 0 Å². The third-order valence-electron chi connectivity index (χ3n) is 6.27. The summed E-state index contributed by atoms with van der Waals surface area (Å²) in [5, 5.41) is 6.83. The van der Waals surface area contributed by atoms with Gasteiger partial charge in [0.05, 0.1) is 29.2 Å². The molecule has 1 fully saturated rings. The average Bonchev–Trinajstić information content (AvgIpc) is 2.90. The SMILES string of the molecule is Cc1ncc(C2CCN(C)CC2)cc1Nc1ncc2c(n1)-c1ccc(Cl)cc1NC(=O)C2. The second-order valence-electron chi connectivity index (χ2n) is 8.59. The Morgan fingerprint density at radius 1 is 1.16 bits per heavy atom. The van der Waals surface area contributed by atoms with E-state index in [9.17, 15) is 4.79 Å². The third-order valence-corrected chi connectivity index (χ3v) is 6.51. The Labute approximate surface area is 192 Å². The first-order chi connectivity index (χ1) is 15.5. The molecule has 7 nitrogen and oxygen atoms in total. The van der Waals surface area contributed by atoms with Crippen LogP contribution in [0.2, 0.25) is 5.02 Å². The smallest absolute Gasteiger partial charge is 0.228 e. The number of carbonyl (C=O) groups excluding carboxylic acids is 1. The molecule has 1 saturated heterocycles. The number of aryl methyl sites for hydroxylation is 1. The lowest BCUT2D eigenvalue weighted by Gasteiger charge is -2.29. The van der Waals surface area contributed by atoms with Crippen LogP contribution >= 0.6 is 11.6 Å². The van der Waals surface area contributed by atoms with Crippen LogP contribution in [-0.2, 0) is 11.2 Å². The fraction of sp³-hybridized carbons (Fsp3) is 0.333. The average molecular weight is 449 g/mol. The number of aromatic nitrogens is 3. The zero-order chi connectivity index (χ0) is 22.2. The van der Waals surface area contributed by atoms with E-state index >= 15 is 0 Å². The third kappa shape index (κ3) is 4.18. The number of nitrogens with one attached hydrogen (secondary N) is 2. The highest BCUT2D eigenvalue weighted by molar-refractivity contribution is 6.31. The van der Waals surface area contributed by atoms with Crippen molar-refractivity contribution in [1.29, 1.82) is 0 Å². The monoisotopic (exact) mass is 448 g/mol. The molecule has 32 heavy (non-hydrogen) atoms. The molecule has 1 amide bonds. The number of anilines is 3. The van der Waals surface area contributed by atoms with Crippen molar-refractivity contribution in [2.24, 2.45) is 0 Å². The van der Waals surface area contributed by atoms with E-state index in [4.69, 9.17) is 16.6 Å². The number of nitrogens with zero attached hydrogens (tertiary/aromatic N) is 4. The summed E-state index contributed by atoms with van der Waals surface area (Å²) in [6.45, 7) is 4.18. The minimum atomic E-state index is -0.109. The number of rotatable bonds is 3. The number of amides is 1. The summed E-state index contributed by atoms with van der Waals surface area (Å²) in [6, 6.07) is 7.60. The van der Waals surface area contributed by atoms with Gasteiger partial charge in [0.1, 0.15) is 0 Å². The van der Waals surface area contributed by atoms with Gasteiger partial charge in [-0.2, -0.15) is 0 Å². The molecule has 1 aromatic carbocycles. The molecule has 0 atom stereocenters. The maximum Gasteiger partial charge on any atom is 0.228 e. The van der Waals surface area contributed by atoms with Crippen LogP contribution in [0.15, 0.2) is 36.7 Å². The fourth-order valence-electron chi connectivity index (χ4n) is 4.38. The molecule has 3 aromatic rings. The van der Waals surface area contributed by atoms with Gasteiger partial charge in [-0.05, 0) is 75.6 Å². The molecule has 2 N–H and O–H groups in total. The van der Waals surface area contributed by atoms with Gasteiger partial charge in [-0.3, -0.25) is 9.78 Å². The molecule has 4 heterocycles. The normalized spacial score (nSPS) is 16.7. The fourth-order valence-corrected chi connectivity index (χ4v) is 4.56. The molecule has 2 aliphatic rings. The van der Waals surface area contributed by atoms with Gasteiger partial charge in [0.2, 0.25) is 11.9 Å². The van der Waals surface area contributed by atoms with Crippen LogP contribution < -0.4 is 10.6 Å². The highest BCUT2D eigenvalue weighted by Gasteiger charge is 2.22. The summed E-state index contributed by atoms with van der Waals surface area (Å²) in [4.78, 5) is 28.6. The Bertz CT molecular complexity index is 1190. The molecule has 0 aliphatic carbocycles. The second-order valence-corrected chi connectivity index (χ2v) is 9.02. The molecule has 2 aliphatic heterocycles. The number of likely N-dealkylation sites (tertiary alicyclic amines) is 1. The first-order valence-electron chi connectivity index (χ1n) is 10.8. The number of fused-ring (bicyclic) bond motifs is 3. The second kappa shape index (κ2) is 8.48. The van der Waals surface area contributed by atoms with Crippen molar-refractivity contribution in [1.82, 2.24) is 19.9 Å². The predicted molar refractivity (Wildman–Crippen MR) is 127 cm³/mol. The van der Waals surface area contributed by atoms with Crippen LogP contribution in [0.3, 0.4) is 0 Å². The van der Waals surface area contributed by atoms with Crippen LogP contribution in [0.1, 0.15) is 35.6 Å². The van der Waals surface area contributed by atoms with Crippen molar-refractivity contribution < 1.29 is 4.79 Å². The largest absolute Gasteiger partial charge is 0.325 e. The maximum absolute atomic E-state index is 12.3. The van der Waals surface area contributed by atoms with E-state index < -0.39 is 0 Å². The lowest BCUT2D eigenvalue weighted by Crippen LogP contribution is -2.29. The number of piperidine rings is 1. The molecule has 5 rings (SSSR count). The molecule has 0 saturated carbocycles. The standard InChI is InChI=1S/C24H25ClN6O/c1-14-20(9-16(12-26-14)15-5-7-31(2)8-6-15)29-24-27-13-17-10-22(32)28-21-11-18(25)3-4-19(21)23(17)30-24/h3-4,9,11-13,15H,5-8,10H2,1-2H3,(H,28,32)(H,27,29,30). The minimum Gasteiger partial charge on any atom is -0.325 e. The van der Waals surface area contributed by atoms with Crippen molar-refractivity contribution in [2.45, 2.75) is 32.1 Å². The quantitative estimate of drug-likeness (QED) is 0.611. The Kier molecular flexibility index (Phi) is 5.53. The summed E-state index contributed by atoms with van der Waals surface area (Å²) in [5.74, 6) is 0.883. The highest BCUT2D eigenvalue weighted by Crippen LogP contribution is 2.35. The topological polar surface area (TPSA) is 83.0 Å². The molecule has 0 bridgehead atoms. The zero-order valence-corrected chi connectivity index (χ0v) is 18.9. The van der Waals surface area contributed by atoms with Gasteiger partial charge in [0, 0.05) is 28.5 Å². The Morgan fingerprint density at radius 2 is 1.97 bits per heavy atom. The number of benzene rings is 1.